The minimum absolute atomic E-state index is 0.113. The van der Waals surface area contributed by atoms with E-state index in [4.69, 9.17) is 4.74 Å². The van der Waals surface area contributed by atoms with Crippen LogP contribution in [0.2, 0.25) is 0 Å². The molecule has 0 radical (unpaired) electrons. The summed E-state index contributed by atoms with van der Waals surface area (Å²) in [4.78, 5) is 32.2. The second-order valence-electron chi connectivity index (χ2n) is 4.78. The lowest BCUT2D eigenvalue weighted by molar-refractivity contribution is -0.386. The topological polar surface area (TPSA) is 130 Å². The first-order valence-electron chi connectivity index (χ1n) is 6.53. The number of rotatable bonds is 5. The number of hydrogen-bond acceptors (Lipinski definition) is 7. The molecule has 0 saturated heterocycles. The van der Waals surface area contributed by atoms with E-state index in [1.54, 1.807) is 0 Å². The maximum Gasteiger partial charge on any atom is 0.333 e. The average Bonchev–Trinajstić information content (AvgIpc) is 2.72. The van der Waals surface area contributed by atoms with Crippen LogP contribution < -0.4 is 4.74 Å². The van der Waals surface area contributed by atoms with Gasteiger partial charge in [0.2, 0.25) is 5.75 Å². The second kappa shape index (κ2) is 6.40. The fourth-order valence-corrected chi connectivity index (χ4v) is 2.10. The van der Waals surface area contributed by atoms with E-state index in [-0.39, 0.29) is 17.1 Å². The highest BCUT2D eigenvalue weighted by Gasteiger charge is 2.24. The maximum absolute atomic E-state index is 13.2. The van der Waals surface area contributed by atoms with Gasteiger partial charge in [0.1, 0.15) is 23.7 Å². The number of esters is 1. The molecule has 0 fully saturated rings. The van der Waals surface area contributed by atoms with E-state index in [1.165, 1.54) is 13.8 Å². The minimum Gasteiger partial charge on any atom is -0.418 e. The molecule has 126 valence electrons. The van der Waals surface area contributed by atoms with Crippen LogP contribution in [0.1, 0.15) is 11.4 Å². The number of ether oxygens (including phenoxy) is 1. The molecule has 1 aromatic carbocycles. The van der Waals surface area contributed by atoms with Crippen molar-refractivity contribution in [1.29, 1.82) is 0 Å². The molecular weight excluding hydrogens is 327 g/mol. The quantitative estimate of drug-likeness (QED) is 0.353. The molecule has 0 unspecified atom stereocenters. The van der Waals surface area contributed by atoms with Crippen LogP contribution in [0, 0.1) is 39.9 Å². The Morgan fingerprint density at radius 2 is 1.96 bits per heavy atom. The van der Waals surface area contributed by atoms with Crippen LogP contribution in [-0.2, 0) is 11.3 Å². The Balaban J connectivity index is 2.24. The summed E-state index contributed by atoms with van der Waals surface area (Å²) in [5.74, 6) is -2.35. The molecule has 0 saturated carbocycles. The fourth-order valence-electron chi connectivity index (χ4n) is 2.10. The third-order valence-electron chi connectivity index (χ3n) is 3.15. The van der Waals surface area contributed by atoms with Gasteiger partial charge in [-0.1, -0.05) is 0 Å². The molecule has 10 nitrogen and oxygen atoms in total. The van der Waals surface area contributed by atoms with Crippen molar-refractivity contribution in [3.8, 4) is 5.75 Å². The van der Waals surface area contributed by atoms with Crippen LogP contribution in [0.3, 0.4) is 0 Å². The number of nitro benzene ring substituents is 1. The predicted molar refractivity (Wildman–Crippen MR) is 77.0 cm³/mol. The molecule has 2 aromatic rings. The van der Waals surface area contributed by atoms with E-state index < -0.39 is 39.6 Å². The SMILES string of the molecule is Cc1nn(CC(=O)Oc2cc(F)ccc2[N+](=O)[O-])c(C)c1[N+](=O)[O-]. The van der Waals surface area contributed by atoms with E-state index in [2.05, 4.69) is 5.10 Å². The number of benzene rings is 1. The van der Waals surface area contributed by atoms with Gasteiger partial charge >= 0.3 is 17.3 Å². The van der Waals surface area contributed by atoms with Crippen molar-refractivity contribution < 1.29 is 23.8 Å². The van der Waals surface area contributed by atoms with E-state index in [9.17, 15) is 29.4 Å². The number of hydrogen-bond donors (Lipinski definition) is 0. The highest BCUT2D eigenvalue weighted by atomic mass is 19.1. The standard InChI is InChI=1S/C13H11FN4O6/c1-7-13(18(22)23)8(2)16(15-7)6-12(19)24-11-5-9(14)3-4-10(11)17(20)21/h3-5H,6H2,1-2H3. The van der Waals surface area contributed by atoms with Gasteiger partial charge < -0.3 is 4.74 Å². The fraction of sp³-hybridized carbons (Fsp3) is 0.231. The first-order valence-corrected chi connectivity index (χ1v) is 6.53. The summed E-state index contributed by atoms with van der Waals surface area (Å²) in [6, 6.07) is 2.44. The summed E-state index contributed by atoms with van der Waals surface area (Å²) in [5, 5.41) is 25.6. The number of carbonyl (C=O) groups is 1. The van der Waals surface area contributed by atoms with Crippen molar-refractivity contribution in [2.45, 2.75) is 20.4 Å². The lowest BCUT2D eigenvalue weighted by atomic mass is 10.3. The van der Waals surface area contributed by atoms with Gasteiger partial charge in [0.25, 0.3) is 0 Å². The molecular formula is C13H11FN4O6. The van der Waals surface area contributed by atoms with Gasteiger partial charge in [-0.3, -0.25) is 24.9 Å². The van der Waals surface area contributed by atoms with E-state index in [0.717, 1.165) is 16.8 Å². The number of aryl methyl sites for hydroxylation is 1. The highest BCUT2D eigenvalue weighted by molar-refractivity contribution is 5.73. The molecule has 0 aliphatic heterocycles. The van der Waals surface area contributed by atoms with Gasteiger partial charge in [-0.25, -0.2) is 9.18 Å². The number of halogens is 1. The Bertz CT molecular complexity index is 847. The van der Waals surface area contributed by atoms with E-state index in [0.29, 0.717) is 6.07 Å². The number of nitro groups is 2. The van der Waals surface area contributed by atoms with E-state index >= 15 is 0 Å². The first-order chi connectivity index (χ1) is 11.2. The van der Waals surface area contributed by atoms with Crippen molar-refractivity contribution in [3.63, 3.8) is 0 Å². The molecule has 0 spiro atoms. The summed E-state index contributed by atoms with van der Waals surface area (Å²) in [7, 11) is 0. The van der Waals surface area contributed by atoms with Crippen LogP contribution in [-0.4, -0.2) is 25.6 Å². The molecule has 0 amide bonds. The second-order valence-corrected chi connectivity index (χ2v) is 4.78. The normalized spacial score (nSPS) is 10.5. The third kappa shape index (κ3) is 3.34. The van der Waals surface area contributed by atoms with Crippen molar-refractivity contribution in [1.82, 2.24) is 9.78 Å². The van der Waals surface area contributed by atoms with Crippen molar-refractivity contribution >= 4 is 17.3 Å². The van der Waals surface area contributed by atoms with Crippen LogP contribution in [0.25, 0.3) is 0 Å². The zero-order valence-electron chi connectivity index (χ0n) is 12.6. The van der Waals surface area contributed by atoms with Crippen molar-refractivity contribution in [3.05, 3.63) is 55.6 Å². The van der Waals surface area contributed by atoms with Gasteiger partial charge in [0.15, 0.2) is 0 Å². The lowest BCUT2D eigenvalue weighted by Gasteiger charge is -2.06. The number of carbonyl (C=O) groups excluding carboxylic acids is 1. The number of nitrogens with zero attached hydrogens (tertiary/aromatic N) is 4. The minimum atomic E-state index is -0.982. The van der Waals surface area contributed by atoms with E-state index in [1.807, 2.05) is 0 Å². The molecule has 0 aliphatic carbocycles. The smallest absolute Gasteiger partial charge is 0.333 e. The van der Waals surface area contributed by atoms with Gasteiger partial charge in [0, 0.05) is 12.1 Å². The summed E-state index contributed by atoms with van der Waals surface area (Å²) < 4.78 is 19.0. The molecule has 24 heavy (non-hydrogen) atoms. The largest absolute Gasteiger partial charge is 0.418 e. The Hall–Kier alpha value is -3.37. The Morgan fingerprint density at radius 1 is 1.29 bits per heavy atom. The molecule has 1 aromatic heterocycles. The molecule has 1 heterocycles. The zero-order chi connectivity index (χ0) is 18.0. The van der Waals surface area contributed by atoms with Crippen LogP contribution in [0.4, 0.5) is 15.8 Å². The summed E-state index contributed by atoms with van der Waals surface area (Å²) in [5.41, 5.74) is -0.575. The van der Waals surface area contributed by atoms with Gasteiger partial charge in [-0.2, -0.15) is 5.10 Å². The van der Waals surface area contributed by atoms with Crippen LogP contribution in [0.15, 0.2) is 18.2 Å². The van der Waals surface area contributed by atoms with Crippen LogP contribution in [0.5, 0.6) is 5.75 Å². The molecule has 0 aliphatic rings. The zero-order valence-corrected chi connectivity index (χ0v) is 12.6. The van der Waals surface area contributed by atoms with Crippen LogP contribution >= 0.6 is 0 Å². The third-order valence-corrected chi connectivity index (χ3v) is 3.15. The lowest BCUT2D eigenvalue weighted by Crippen LogP contribution is -2.18. The Morgan fingerprint density at radius 3 is 2.50 bits per heavy atom. The highest BCUT2D eigenvalue weighted by Crippen LogP contribution is 2.28. The molecule has 0 atom stereocenters. The first kappa shape index (κ1) is 17.0. The van der Waals surface area contributed by atoms with Crippen molar-refractivity contribution in [2.24, 2.45) is 0 Å². The summed E-state index contributed by atoms with van der Waals surface area (Å²) >= 11 is 0. The van der Waals surface area contributed by atoms with Gasteiger partial charge in [-0.05, 0) is 19.9 Å². The van der Waals surface area contributed by atoms with Crippen molar-refractivity contribution in [2.75, 3.05) is 0 Å². The molecule has 2 rings (SSSR count). The van der Waals surface area contributed by atoms with Gasteiger partial charge in [-0.15, -0.1) is 0 Å². The Kier molecular flexibility index (Phi) is 4.53. The molecule has 0 bridgehead atoms. The number of aromatic nitrogens is 2. The molecule has 0 N–H and O–H groups in total. The monoisotopic (exact) mass is 338 g/mol. The average molecular weight is 338 g/mol. The summed E-state index contributed by atoms with van der Waals surface area (Å²) in [6.07, 6.45) is 0. The molecule has 11 heteroatoms. The predicted octanol–water partition coefficient (Wildman–Crippen LogP) is 2.06. The summed E-state index contributed by atoms with van der Waals surface area (Å²) in [6.45, 7) is 2.29. The van der Waals surface area contributed by atoms with Gasteiger partial charge in [0.05, 0.1) is 9.85 Å². The maximum atomic E-state index is 13.2. The Labute approximate surface area is 133 Å².